The van der Waals surface area contributed by atoms with Crippen molar-refractivity contribution in [3.63, 3.8) is 0 Å². The van der Waals surface area contributed by atoms with E-state index >= 15 is 0 Å². The van der Waals surface area contributed by atoms with Crippen LogP contribution in [0.4, 0.5) is 0 Å². The zero-order valence-corrected chi connectivity index (χ0v) is 9.49. The molecule has 1 heterocycles. The average molecular weight is 218 g/mol. The Kier molecular flexibility index (Phi) is 2.86. The summed E-state index contributed by atoms with van der Waals surface area (Å²) in [7, 11) is 1.76. The van der Waals surface area contributed by atoms with E-state index < -0.39 is 0 Å². The highest BCUT2D eigenvalue weighted by atomic mass is 16.6. The lowest BCUT2D eigenvalue weighted by Crippen LogP contribution is -2.17. The van der Waals surface area contributed by atoms with Gasteiger partial charge in [0.1, 0.15) is 13.2 Å². The SMILES string of the molecule is Cc1cc2c(cc1CN(C)C#N)OCCO2. The number of rotatable bonds is 2. The molecule has 0 spiro atoms. The lowest BCUT2D eigenvalue weighted by atomic mass is 10.1. The minimum atomic E-state index is 0.587. The maximum absolute atomic E-state index is 8.75. The van der Waals surface area contributed by atoms with Crippen LogP contribution in [0, 0.1) is 18.4 Å². The second kappa shape index (κ2) is 4.31. The summed E-state index contributed by atoms with van der Waals surface area (Å²) in [4.78, 5) is 1.58. The van der Waals surface area contributed by atoms with Gasteiger partial charge in [0.25, 0.3) is 0 Å². The average Bonchev–Trinajstić information content (AvgIpc) is 2.30. The van der Waals surface area contributed by atoms with Crippen LogP contribution in [0.2, 0.25) is 0 Å². The van der Waals surface area contributed by atoms with E-state index in [4.69, 9.17) is 14.7 Å². The summed E-state index contributed by atoms with van der Waals surface area (Å²) in [5, 5.41) is 8.75. The molecule has 1 aliphatic heterocycles. The summed E-state index contributed by atoms with van der Waals surface area (Å²) in [6.07, 6.45) is 2.08. The highest BCUT2D eigenvalue weighted by Crippen LogP contribution is 2.33. The number of nitriles is 1. The summed E-state index contributed by atoms with van der Waals surface area (Å²) in [5.74, 6) is 1.57. The number of ether oxygens (including phenoxy) is 2. The molecule has 0 aromatic heterocycles. The first-order valence-corrected chi connectivity index (χ1v) is 5.20. The molecule has 0 saturated carbocycles. The Morgan fingerprint density at radius 1 is 1.31 bits per heavy atom. The molecule has 1 aliphatic rings. The summed E-state index contributed by atoms with van der Waals surface area (Å²) in [6.45, 7) is 3.80. The normalized spacial score (nSPS) is 13.1. The van der Waals surface area contributed by atoms with Crippen molar-refractivity contribution in [2.24, 2.45) is 0 Å². The van der Waals surface area contributed by atoms with Crippen molar-refractivity contribution in [2.75, 3.05) is 20.3 Å². The van der Waals surface area contributed by atoms with Crippen LogP contribution in [0.15, 0.2) is 12.1 Å². The van der Waals surface area contributed by atoms with Crippen LogP contribution in [0.3, 0.4) is 0 Å². The number of benzene rings is 1. The van der Waals surface area contributed by atoms with Crippen LogP contribution in [-0.4, -0.2) is 25.2 Å². The topological polar surface area (TPSA) is 45.5 Å². The Morgan fingerprint density at radius 2 is 1.94 bits per heavy atom. The fourth-order valence-electron chi connectivity index (χ4n) is 1.69. The standard InChI is InChI=1S/C12H14N2O2/c1-9-5-11-12(16-4-3-15-11)6-10(9)7-14(2)8-13/h5-6H,3-4,7H2,1-2H3. The Bertz CT molecular complexity index is 437. The quantitative estimate of drug-likeness (QED) is 0.559. The Morgan fingerprint density at radius 3 is 2.56 bits per heavy atom. The maximum atomic E-state index is 8.75. The minimum absolute atomic E-state index is 0.587. The molecule has 1 aromatic carbocycles. The molecule has 0 saturated heterocycles. The van der Waals surface area contributed by atoms with E-state index in [1.54, 1.807) is 11.9 Å². The van der Waals surface area contributed by atoms with Crippen LogP contribution in [0.25, 0.3) is 0 Å². The van der Waals surface area contributed by atoms with Crippen molar-refractivity contribution in [1.29, 1.82) is 5.26 Å². The molecular weight excluding hydrogens is 204 g/mol. The van der Waals surface area contributed by atoms with Gasteiger partial charge in [-0.15, -0.1) is 0 Å². The lowest BCUT2D eigenvalue weighted by molar-refractivity contribution is 0.171. The molecule has 2 rings (SSSR count). The van der Waals surface area contributed by atoms with Crippen LogP contribution >= 0.6 is 0 Å². The lowest BCUT2D eigenvalue weighted by Gasteiger charge is -2.21. The second-order valence-electron chi connectivity index (χ2n) is 3.88. The molecule has 0 amide bonds. The van der Waals surface area contributed by atoms with Crippen LogP contribution in [0.5, 0.6) is 11.5 Å². The first kappa shape index (κ1) is 10.6. The zero-order valence-electron chi connectivity index (χ0n) is 9.49. The maximum Gasteiger partial charge on any atom is 0.179 e. The third-order valence-corrected chi connectivity index (χ3v) is 2.58. The van der Waals surface area contributed by atoms with Crippen LogP contribution < -0.4 is 9.47 Å². The van der Waals surface area contributed by atoms with Gasteiger partial charge in [-0.25, -0.2) is 0 Å². The van der Waals surface area contributed by atoms with Crippen LogP contribution in [-0.2, 0) is 6.54 Å². The van der Waals surface area contributed by atoms with E-state index in [0.29, 0.717) is 19.8 Å². The van der Waals surface area contributed by atoms with Gasteiger partial charge >= 0.3 is 0 Å². The molecule has 84 valence electrons. The van der Waals surface area contributed by atoms with E-state index in [0.717, 1.165) is 22.6 Å². The summed E-state index contributed by atoms with van der Waals surface area (Å²) in [5.41, 5.74) is 2.21. The van der Waals surface area contributed by atoms with Gasteiger partial charge < -0.3 is 14.4 Å². The van der Waals surface area contributed by atoms with Gasteiger partial charge in [-0.1, -0.05) is 0 Å². The molecule has 0 fully saturated rings. The molecular formula is C12H14N2O2. The molecule has 0 N–H and O–H groups in total. The van der Waals surface area contributed by atoms with E-state index in [1.807, 2.05) is 19.1 Å². The van der Waals surface area contributed by atoms with Crippen molar-refractivity contribution in [3.8, 4) is 17.7 Å². The predicted molar refractivity (Wildman–Crippen MR) is 59.2 cm³/mol. The van der Waals surface area contributed by atoms with Gasteiger partial charge in [0.2, 0.25) is 0 Å². The molecule has 4 heteroatoms. The molecule has 0 unspecified atom stereocenters. The van der Waals surface area contributed by atoms with Gasteiger partial charge in [-0.2, -0.15) is 5.26 Å². The summed E-state index contributed by atoms with van der Waals surface area (Å²) >= 11 is 0. The smallest absolute Gasteiger partial charge is 0.179 e. The number of hydrogen-bond acceptors (Lipinski definition) is 4. The highest BCUT2D eigenvalue weighted by Gasteiger charge is 2.14. The predicted octanol–water partition coefficient (Wildman–Crippen LogP) is 1.68. The third kappa shape index (κ3) is 2.03. The first-order valence-electron chi connectivity index (χ1n) is 5.20. The van der Waals surface area contributed by atoms with Gasteiger partial charge in [0, 0.05) is 7.05 Å². The largest absolute Gasteiger partial charge is 0.486 e. The highest BCUT2D eigenvalue weighted by molar-refractivity contribution is 5.47. The van der Waals surface area contributed by atoms with Gasteiger partial charge in [0.05, 0.1) is 6.54 Å². The number of aryl methyl sites for hydroxylation is 1. The molecule has 0 atom stereocenters. The fraction of sp³-hybridized carbons (Fsp3) is 0.417. The van der Waals surface area contributed by atoms with Crippen molar-refractivity contribution >= 4 is 0 Å². The molecule has 16 heavy (non-hydrogen) atoms. The Hall–Kier alpha value is -1.89. The Labute approximate surface area is 95.0 Å². The number of nitrogens with zero attached hydrogens (tertiary/aromatic N) is 2. The van der Waals surface area contributed by atoms with E-state index in [1.165, 1.54) is 0 Å². The molecule has 4 nitrogen and oxygen atoms in total. The van der Waals surface area contributed by atoms with Gasteiger partial charge in [-0.05, 0) is 30.2 Å². The fourth-order valence-corrected chi connectivity index (χ4v) is 1.69. The first-order chi connectivity index (χ1) is 7.70. The van der Waals surface area contributed by atoms with E-state index in [2.05, 4.69) is 6.19 Å². The van der Waals surface area contributed by atoms with Gasteiger partial charge in [-0.3, -0.25) is 0 Å². The second-order valence-corrected chi connectivity index (χ2v) is 3.88. The summed E-state index contributed by atoms with van der Waals surface area (Å²) in [6, 6.07) is 3.92. The van der Waals surface area contributed by atoms with Crippen LogP contribution in [0.1, 0.15) is 11.1 Å². The van der Waals surface area contributed by atoms with Crippen molar-refractivity contribution < 1.29 is 9.47 Å². The molecule has 0 bridgehead atoms. The zero-order chi connectivity index (χ0) is 11.5. The molecule has 1 aromatic rings. The number of fused-ring (bicyclic) bond motifs is 1. The van der Waals surface area contributed by atoms with Crippen molar-refractivity contribution in [1.82, 2.24) is 4.90 Å². The van der Waals surface area contributed by atoms with E-state index in [9.17, 15) is 0 Å². The van der Waals surface area contributed by atoms with Crippen molar-refractivity contribution in [2.45, 2.75) is 13.5 Å². The van der Waals surface area contributed by atoms with E-state index in [-0.39, 0.29) is 0 Å². The van der Waals surface area contributed by atoms with Gasteiger partial charge in [0.15, 0.2) is 17.7 Å². The third-order valence-electron chi connectivity index (χ3n) is 2.58. The monoisotopic (exact) mass is 218 g/mol. The summed E-state index contributed by atoms with van der Waals surface area (Å²) < 4.78 is 11.0. The molecule has 0 aliphatic carbocycles. The number of hydrogen-bond donors (Lipinski definition) is 0. The molecule has 0 radical (unpaired) electrons. The Balaban J connectivity index is 2.29. The minimum Gasteiger partial charge on any atom is -0.486 e. The van der Waals surface area contributed by atoms with Crippen molar-refractivity contribution in [3.05, 3.63) is 23.3 Å².